The molecule has 0 bridgehead atoms. The Bertz CT molecular complexity index is 439. The summed E-state index contributed by atoms with van der Waals surface area (Å²) in [6.07, 6.45) is 14.3. The first-order chi connectivity index (χ1) is 9.53. The lowest BCUT2D eigenvalue weighted by Gasteiger charge is -2.57. The van der Waals surface area contributed by atoms with Gasteiger partial charge in [-0.25, -0.2) is 0 Å². The molecule has 0 aromatic heterocycles. The molecule has 4 aliphatic carbocycles. The second kappa shape index (κ2) is 4.35. The Balaban J connectivity index is 1.68. The summed E-state index contributed by atoms with van der Waals surface area (Å²) >= 11 is 0. The summed E-state index contributed by atoms with van der Waals surface area (Å²) in [5.74, 6) is 2.89. The second-order valence-electron chi connectivity index (χ2n) is 8.72. The molecule has 1 nitrogen and oxygen atoms in total. The monoisotopic (exact) mass is 274 g/mol. The fourth-order valence-electron chi connectivity index (χ4n) is 6.70. The Morgan fingerprint density at radius 2 is 1.85 bits per heavy atom. The maximum atomic E-state index is 9.97. The van der Waals surface area contributed by atoms with Crippen molar-refractivity contribution < 1.29 is 5.11 Å². The third-order valence-corrected chi connectivity index (χ3v) is 7.87. The van der Waals surface area contributed by atoms with Gasteiger partial charge in [-0.2, -0.15) is 0 Å². The fraction of sp³-hybridized carbons (Fsp3) is 0.895. The fourth-order valence-corrected chi connectivity index (χ4v) is 6.70. The predicted molar refractivity (Wildman–Crippen MR) is 82.3 cm³/mol. The van der Waals surface area contributed by atoms with Gasteiger partial charge in [0.1, 0.15) is 0 Å². The summed E-state index contributed by atoms with van der Waals surface area (Å²) in [5, 5.41) is 9.97. The smallest absolute Gasteiger partial charge is 0.0724 e. The summed E-state index contributed by atoms with van der Waals surface area (Å²) in [5.41, 5.74) is 2.71. The molecule has 4 rings (SSSR count). The summed E-state index contributed by atoms with van der Waals surface area (Å²) in [6.45, 7) is 5.11. The van der Waals surface area contributed by atoms with E-state index >= 15 is 0 Å². The Labute approximate surface area is 123 Å². The van der Waals surface area contributed by atoms with Crippen LogP contribution in [0.25, 0.3) is 0 Å². The van der Waals surface area contributed by atoms with Gasteiger partial charge in [-0.05, 0) is 80.0 Å². The van der Waals surface area contributed by atoms with Crippen molar-refractivity contribution in [1.82, 2.24) is 0 Å². The number of fused-ring (bicyclic) bond motifs is 5. The maximum Gasteiger partial charge on any atom is 0.0724 e. The number of rotatable bonds is 0. The van der Waals surface area contributed by atoms with E-state index in [-0.39, 0.29) is 6.10 Å². The molecule has 0 heterocycles. The van der Waals surface area contributed by atoms with Gasteiger partial charge in [0.15, 0.2) is 0 Å². The van der Waals surface area contributed by atoms with Gasteiger partial charge in [-0.1, -0.05) is 31.9 Å². The van der Waals surface area contributed by atoms with E-state index < -0.39 is 0 Å². The normalized spacial score (nSPS) is 54.6. The predicted octanol–water partition coefficient (Wildman–Crippen LogP) is 4.70. The molecule has 0 aromatic carbocycles. The minimum atomic E-state index is -0.157. The van der Waals surface area contributed by atoms with E-state index in [2.05, 4.69) is 19.9 Å². The number of hydrogen-bond acceptors (Lipinski definition) is 1. The van der Waals surface area contributed by atoms with Crippen LogP contribution in [0.5, 0.6) is 0 Å². The van der Waals surface area contributed by atoms with Crippen LogP contribution in [-0.4, -0.2) is 11.2 Å². The molecule has 0 aromatic rings. The van der Waals surface area contributed by atoms with Crippen LogP contribution in [0.3, 0.4) is 0 Å². The Morgan fingerprint density at radius 1 is 1.00 bits per heavy atom. The van der Waals surface area contributed by atoms with E-state index in [1.807, 2.05) is 0 Å². The lowest BCUT2D eigenvalue weighted by molar-refractivity contribution is -0.0411. The summed E-state index contributed by atoms with van der Waals surface area (Å²) < 4.78 is 0. The third kappa shape index (κ3) is 1.71. The second-order valence-corrected chi connectivity index (χ2v) is 8.72. The molecule has 0 saturated heterocycles. The zero-order valence-corrected chi connectivity index (χ0v) is 13.2. The standard InChI is InChI=1S/C19H30O/c1-18-9-3-4-16(18)15-6-5-13-12-14(20)7-11-19(13,2)17(15)8-10-18/h12,14-17,20H,3-11H2,1-2H3/t14-,15+,16+,17+,18+,19-/m0/s1. The van der Waals surface area contributed by atoms with Crippen molar-refractivity contribution in [1.29, 1.82) is 0 Å². The van der Waals surface area contributed by atoms with Crippen LogP contribution in [0.15, 0.2) is 11.6 Å². The molecule has 0 radical (unpaired) electrons. The van der Waals surface area contributed by atoms with E-state index in [0.717, 1.165) is 24.2 Å². The van der Waals surface area contributed by atoms with Crippen molar-refractivity contribution in [2.45, 2.75) is 77.7 Å². The van der Waals surface area contributed by atoms with Crippen LogP contribution in [0.1, 0.15) is 71.6 Å². The van der Waals surface area contributed by atoms with Gasteiger partial charge in [-0.15, -0.1) is 0 Å². The highest BCUT2D eigenvalue weighted by Crippen LogP contribution is 2.65. The first kappa shape index (κ1) is 13.4. The lowest BCUT2D eigenvalue weighted by atomic mass is 9.47. The average molecular weight is 274 g/mol. The van der Waals surface area contributed by atoms with Crippen LogP contribution in [0, 0.1) is 28.6 Å². The van der Waals surface area contributed by atoms with Crippen molar-refractivity contribution in [3.8, 4) is 0 Å². The third-order valence-electron chi connectivity index (χ3n) is 7.87. The molecule has 0 unspecified atom stereocenters. The van der Waals surface area contributed by atoms with Crippen LogP contribution >= 0.6 is 0 Å². The van der Waals surface area contributed by atoms with E-state index in [0.29, 0.717) is 10.8 Å². The first-order valence-electron chi connectivity index (χ1n) is 8.92. The van der Waals surface area contributed by atoms with E-state index in [9.17, 15) is 5.11 Å². The SMILES string of the molecule is C[C@]12CCC[C@@H]1[C@H]1CCC3=C[C@@H](O)CC[C@]3(C)[C@@H]1CC2. The van der Waals surface area contributed by atoms with Crippen molar-refractivity contribution in [3.63, 3.8) is 0 Å². The Kier molecular flexibility index (Phi) is 2.91. The molecule has 3 fully saturated rings. The van der Waals surface area contributed by atoms with Crippen molar-refractivity contribution in [3.05, 3.63) is 11.6 Å². The van der Waals surface area contributed by atoms with Gasteiger partial charge in [0.2, 0.25) is 0 Å². The first-order valence-corrected chi connectivity index (χ1v) is 8.92. The van der Waals surface area contributed by atoms with Crippen LogP contribution < -0.4 is 0 Å². The number of allylic oxidation sites excluding steroid dienone is 1. The molecule has 0 spiro atoms. The maximum absolute atomic E-state index is 9.97. The largest absolute Gasteiger partial charge is 0.389 e. The van der Waals surface area contributed by atoms with E-state index in [1.165, 1.54) is 51.4 Å². The topological polar surface area (TPSA) is 20.2 Å². The minimum absolute atomic E-state index is 0.157. The molecule has 112 valence electrons. The van der Waals surface area contributed by atoms with E-state index in [1.54, 1.807) is 5.57 Å². The average Bonchev–Trinajstić information content (AvgIpc) is 2.81. The highest BCUT2D eigenvalue weighted by atomic mass is 16.3. The van der Waals surface area contributed by atoms with Crippen LogP contribution in [0.2, 0.25) is 0 Å². The van der Waals surface area contributed by atoms with Crippen LogP contribution in [-0.2, 0) is 0 Å². The van der Waals surface area contributed by atoms with Crippen molar-refractivity contribution in [2.75, 3.05) is 0 Å². The molecule has 20 heavy (non-hydrogen) atoms. The highest BCUT2D eigenvalue weighted by Gasteiger charge is 2.55. The van der Waals surface area contributed by atoms with Gasteiger partial charge in [0.05, 0.1) is 6.10 Å². The molecule has 1 N–H and O–H groups in total. The molecule has 0 aliphatic heterocycles. The molecule has 6 atom stereocenters. The molecular weight excluding hydrogens is 244 g/mol. The Morgan fingerprint density at radius 3 is 2.70 bits per heavy atom. The van der Waals surface area contributed by atoms with Crippen molar-refractivity contribution >= 4 is 0 Å². The van der Waals surface area contributed by atoms with Gasteiger partial charge in [0.25, 0.3) is 0 Å². The van der Waals surface area contributed by atoms with E-state index in [4.69, 9.17) is 0 Å². The number of aliphatic hydroxyl groups is 1. The number of aliphatic hydroxyl groups excluding tert-OH is 1. The zero-order valence-electron chi connectivity index (χ0n) is 13.2. The number of hydrogen-bond donors (Lipinski definition) is 1. The lowest BCUT2D eigenvalue weighted by Crippen LogP contribution is -2.49. The highest BCUT2D eigenvalue weighted by molar-refractivity contribution is 5.25. The van der Waals surface area contributed by atoms with Gasteiger partial charge in [0, 0.05) is 0 Å². The molecule has 3 saturated carbocycles. The van der Waals surface area contributed by atoms with Crippen LogP contribution in [0.4, 0.5) is 0 Å². The minimum Gasteiger partial charge on any atom is -0.389 e. The Hall–Kier alpha value is -0.300. The zero-order chi connectivity index (χ0) is 14.0. The van der Waals surface area contributed by atoms with Gasteiger partial charge >= 0.3 is 0 Å². The summed E-state index contributed by atoms with van der Waals surface area (Å²) in [7, 11) is 0. The van der Waals surface area contributed by atoms with Gasteiger partial charge in [-0.3, -0.25) is 0 Å². The molecular formula is C19H30O. The van der Waals surface area contributed by atoms with Gasteiger partial charge < -0.3 is 5.11 Å². The molecule has 4 aliphatic rings. The summed E-state index contributed by atoms with van der Waals surface area (Å²) in [4.78, 5) is 0. The summed E-state index contributed by atoms with van der Waals surface area (Å²) in [6, 6.07) is 0. The molecule has 1 heteroatoms. The van der Waals surface area contributed by atoms with Crippen molar-refractivity contribution in [2.24, 2.45) is 28.6 Å². The quantitative estimate of drug-likeness (QED) is 0.635. The molecule has 0 amide bonds.